The SMILES string of the molecule is COC(=O)C(CC(C)C)N1C[C@H]2C=C(c3ccccc3)C(=O)[C@H]2C1. The Morgan fingerprint density at radius 2 is 1.96 bits per heavy atom. The lowest BCUT2D eigenvalue weighted by atomic mass is 9.97. The molecule has 4 heteroatoms. The highest BCUT2D eigenvalue weighted by atomic mass is 16.5. The van der Waals surface area contributed by atoms with Crippen molar-refractivity contribution in [2.45, 2.75) is 26.3 Å². The van der Waals surface area contributed by atoms with E-state index in [9.17, 15) is 9.59 Å². The third-order valence-corrected chi connectivity index (χ3v) is 5.07. The number of hydrogen-bond donors (Lipinski definition) is 0. The number of methoxy groups -OCH3 is 1. The number of likely N-dealkylation sites (tertiary alicyclic amines) is 1. The Hall–Kier alpha value is -1.94. The second-order valence-electron chi connectivity index (χ2n) is 7.20. The summed E-state index contributed by atoms with van der Waals surface area (Å²) in [5.74, 6) is 0.595. The summed E-state index contributed by atoms with van der Waals surface area (Å²) in [7, 11) is 1.44. The van der Waals surface area contributed by atoms with E-state index in [2.05, 4.69) is 24.8 Å². The number of fused-ring (bicyclic) bond motifs is 1. The number of carbonyl (C=O) groups excluding carboxylic acids is 2. The molecule has 1 unspecified atom stereocenters. The Bertz CT molecular complexity index is 650. The van der Waals surface area contributed by atoms with E-state index in [0.717, 1.165) is 24.1 Å². The summed E-state index contributed by atoms with van der Waals surface area (Å²) < 4.78 is 4.98. The summed E-state index contributed by atoms with van der Waals surface area (Å²) in [5.41, 5.74) is 1.83. The van der Waals surface area contributed by atoms with E-state index in [0.29, 0.717) is 12.5 Å². The molecule has 3 atom stereocenters. The number of rotatable bonds is 5. The maximum absolute atomic E-state index is 12.8. The number of hydrogen-bond acceptors (Lipinski definition) is 4. The molecule has 0 saturated carbocycles. The standard InChI is InChI=1S/C20H25NO3/c1-13(2)9-18(20(23)24-3)21-11-15-10-16(19(22)17(15)12-21)14-7-5-4-6-8-14/h4-8,10,13,15,17-18H,9,11-12H2,1-3H3/t15-,17+,18?/m1/s1. The molecule has 0 spiro atoms. The van der Waals surface area contributed by atoms with E-state index in [-0.39, 0.29) is 29.6 Å². The zero-order valence-electron chi connectivity index (χ0n) is 14.6. The molecule has 1 aromatic rings. The van der Waals surface area contributed by atoms with E-state index >= 15 is 0 Å². The zero-order valence-corrected chi connectivity index (χ0v) is 14.6. The molecular weight excluding hydrogens is 302 g/mol. The van der Waals surface area contributed by atoms with Crippen LogP contribution in [-0.4, -0.2) is 42.9 Å². The fourth-order valence-electron chi connectivity index (χ4n) is 3.89. The topological polar surface area (TPSA) is 46.6 Å². The number of ether oxygens (including phenoxy) is 1. The molecule has 128 valence electrons. The minimum absolute atomic E-state index is 0.0282. The van der Waals surface area contributed by atoms with Crippen molar-refractivity contribution in [1.29, 1.82) is 0 Å². The Balaban J connectivity index is 1.77. The molecule has 0 radical (unpaired) electrons. The molecule has 1 aliphatic carbocycles. The van der Waals surface area contributed by atoms with Crippen LogP contribution in [0.5, 0.6) is 0 Å². The Morgan fingerprint density at radius 1 is 1.25 bits per heavy atom. The van der Waals surface area contributed by atoms with E-state index in [1.54, 1.807) is 0 Å². The number of ketones is 1. The summed E-state index contributed by atoms with van der Waals surface area (Å²) in [5, 5.41) is 0. The van der Waals surface area contributed by atoms with Crippen LogP contribution in [0.3, 0.4) is 0 Å². The first-order valence-corrected chi connectivity index (χ1v) is 8.64. The van der Waals surface area contributed by atoms with Gasteiger partial charge in [0.1, 0.15) is 6.04 Å². The predicted octanol–water partition coefficient (Wildman–Crippen LogP) is 2.79. The van der Waals surface area contributed by atoms with Gasteiger partial charge in [-0.2, -0.15) is 0 Å². The van der Waals surface area contributed by atoms with Gasteiger partial charge in [0.15, 0.2) is 5.78 Å². The van der Waals surface area contributed by atoms with Crippen molar-refractivity contribution in [3.63, 3.8) is 0 Å². The highest BCUT2D eigenvalue weighted by Gasteiger charge is 2.45. The molecule has 1 aliphatic heterocycles. The van der Waals surface area contributed by atoms with Crippen LogP contribution in [0, 0.1) is 17.8 Å². The van der Waals surface area contributed by atoms with Crippen molar-refractivity contribution in [2.24, 2.45) is 17.8 Å². The molecule has 24 heavy (non-hydrogen) atoms. The minimum atomic E-state index is -0.248. The lowest BCUT2D eigenvalue weighted by Gasteiger charge is -2.27. The van der Waals surface area contributed by atoms with Crippen LogP contribution in [0.25, 0.3) is 5.57 Å². The average Bonchev–Trinajstić information content (AvgIpc) is 3.12. The minimum Gasteiger partial charge on any atom is -0.468 e. The summed E-state index contributed by atoms with van der Waals surface area (Å²) in [6, 6.07) is 9.59. The van der Waals surface area contributed by atoms with Gasteiger partial charge in [0, 0.05) is 30.5 Å². The van der Waals surface area contributed by atoms with Gasteiger partial charge in [-0.15, -0.1) is 0 Å². The zero-order chi connectivity index (χ0) is 17.3. The average molecular weight is 327 g/mol. The molecule has 0 amide bonds. The largest absolute Gasteiger partial charge is 0.468 e. The number of Topliss-reactive ketones (excluding diaryl/α,β-unsaturated/α-hetero) is 1. The molecule has 4 nitrogen and oxygen atoms in total. The second kappa shape index (κ2) is 6.89. The summed E-state index contributed by atoms with van der Waals surface area (Å²) in [6.45, 7) is 5.60. The molecule has 0 bridgehead atoms. The predicted molar refractivity (Wildman–Crippen MR) is 93.2 cm³/mol. The fraction of sp³-hybridized carbons (Fsp3) is 0.500. The third-order valence-electron chi connectivity index (χ3n) is 5.07. The van der Waals surface area contributed by atoms with Gasteiger partial charge >= 0.3 is 5.97 Å². The summed E-state index contributed by atoms with van der Waals surface area (Å²) in [4.78, 5) is 27.1. The first-order chi connectivity index (χ1) is 11.5. The molecule has 0 aromatic heterocycles. The Morgan fingerprint density at radius 3 is 2.54 bits per heavy atom. The van der Waals surface area contributed by atoms with Crippen LogP contribution >= 0.6 is 0 Å². The maximum Gasteiger partial charge on any atom is 0.323 e. The van der Waals surface area contributed by atoms with Crippen molar-refractivity contribution in [1.82, 2.24) is 4.90 Å². The molecule has 1 saturated heterocycles. The van der Waals surface area contributed by atoms with Crippen LogP contribution in [0.1, 0.15) is 25.8 Å². The highest BCUT2D eigenvalue weighted by Crippen LogP contribution is 2.39. The number of benzene rings is 1. The molecule has 3 rings (SSSR count). The molecule has 1 heterocycles. The Labute approximate surface area is 143 Å². The first-order valence-electron chi connectivity index (χ1n) is 8.64. The van der Waals surface area contributed by atoms with Crippen LogP contribution in [0.15, 0.2) is 36.4 Å². The normalized spacial score (nSPS) is 24.8. The third kappa shape index (κ3) is 3.16. The van der Waals surface area contributed by atoms with Gasteiger partial charge in [-0.1, -0.05) is 50.3 Å². The van der Waals surface area contributed by atoms with Crippen molar-refractivity contribution in [3.8, 4) is 0 Å². The fourth-order valence-corrected chi connectivity index (χ4v) is 3.89. The highest BCUT2D eigenvalue weighted by molar-refractivity contribution is 6.24. The lowest BCUT2D eigenvalue weighted by Crippen LogP contribution is -2.42. The first kappa shape index (κ1) is 16.9. The molecule has 0 N–H and O–H groups in total. The molecule has 1 fully saturated rings. The van der Waals surface area contributed by atoms with Crippen molar-refractivity contribution >= 4 is 17.3 Å². The van der Waals surface area contributed by atoms with Gasteiger partial charge in [0.2, 0.25) is 0 Å². The van der Waals surface area contributed by atoms with Crippen molar-refractivity contribution < 1.29 is 14.3 Å². The van der Waals surface area contributed by atoms with Gasteiger partial charge in [-0.25, -0.2) is 0 Å². The van der Waals surface area contributed by atoms with Gasteiger partial charge in [0.25, 0.3) is 0 Å². The van der Waals surface area contributed by atoms with Crippen molar-refractivity contribution in [2.75, 3.05) is 20.2 Å². The van der Waals surface area contributed by atoms with E-state index in [1.807, 2.05) is 30.3 Å². The van der Waals surface area contributed by atoms with Gasteiger partial charge < -0.3 is 4.74 Å². The molecule has 1 aromatic carbocycles. The second-order valence-corrected chi connectivity index (χ2v) is 7.20. The van der Waals surface area contributed by atoms with E-state index < -0.39 is 0 Å². The van der Waals surface area contributed by atoms with Gasteiger partial charge in [-0.3, -0.25) is 14.5 Å². The van der Waals surface area contributed by atoms with Crippen LogP contribution in [-0.2, 0) is 14.3 Å². The quantitative estimate of drug-likeness (QED) is 0.780. The number of nitrogens with zero attached hydrogens (tertiary/aromatic N) is 1. The van der Waals surface area contributed by atoms with Crippen LogP contribution in [0.4, 0.5) is 0 Å². The van der Waals surface area contributed by atoms with Crippen LogP contribution < -0.4 is 0 Å². The van der Waals surface area contributed by atoms with E-state index in [1.165, 1.54) is 7.11 Å². The smallest absolute Gasteiger partial charge is 0.323 e. The lowest BCUT2D eigenvalue weighted by molar-refractivity contribution is -0.147. The number of esters is 1. The number of carbonyl (C=O) groups is 2. The van der Waals surface area contributed by atoms with Crippen molar-refractivity contribution in [3.05, 3.63) is 42.0 Å². The maximum atomic E-state index is 12.8. The summed E-state index contributed by atoms with van der Waals surface area (Å²) in [6.07, 6.45) is 2.86. The summed E-state index contributed by atoms with van der Waals surface area (Å²) >= 11 is 0. The van der Waals surface area contributed by atoms with Crippen LogP contribution in [0.2, 0.25) is 0 Å². The van der Waals surface area contributed by atoms with E-state index in [4.69, 9.17) is 4.74 Å². The molecular formula is C20H25NO3. The number of allylic oxidation sites excluding steroid dienone is 1. The van der Waals surface area contributed by atoms with Gasteiger partial charge in [-0.05, 0) is 17.9 Å². The Kier molecular flexibility index (Phi) is 4.86. The van der Waals surface area contributed by atoms with Gasteiger partial charge in [0.05, 0.1) is 7.11 Å². The monoisotopic (exact) mass is 327 g/mol. The molecule has 2 aliphatic rings.